The van der Waals surface area contributed by atoms with E-state index in [1.165, 1.54) is 11.1 Å². The molecule has 6 heteroatoms. The first kappa shape index (κ1) is 18.1. The van der Waals surface area contributed by atoms with Crippen LogP contribution < -0.4 is 10.2 Å². The summed E-state index contributed by atoms with van der Waals surface area (Å²) >= 11 is 3.55. The van der Waals surface area contributed by atoms with Crippen LogP contribution in [0.25, 0.3) is 0 Å². The molecule has 1 aromatic carbocycles. The van der Waals surface area contributed by atoms with E-state index in [1.54, 1.807) is 0 Å². The van der Waals surface area contributed by atoms with Crippen LogP contribution in [-0.2, 0) is 13.0 Å². The van der Waals surface area contributed by atoms with Crippen molar-refractivity contribution in [2.75, 3.05) is 23.4 Å². The van der Waals surface area contributed by atoms with E-state index in [1.807, 2.05) is 6.92 Å². The molecule has 3 rings (SSSR count). The zero-order valence-corrected chi connectivity index (χ0v) is 16.5. The normalized spacial score (nSPS) is 15.2. The highest BCUT2D eigenvalue weighted by Gasteiger charge is 2.20. The predicted octanol–water partition coefficient (Wildman–Crippen LogP) is 3.72. The topological polar surface area (TPSA) is 61.3 Å². The van der Waals surface area contributed by atoms with E-state index < -0.39 is 0 Å². The van der Waals surface area contributed by atoms with Crippen LogP contribution in [0.3, 0.4) is 0 Å². The molecule has 2 heterocycles. The predicted molar refractivity (Wildman–Crippen MR) is 105 cm³/mol. The Morgan fingerprint density at radius 3 is 2.72 bits per heavy atom. The van der Waals surface area contributed by atoms with Gasteiger partial charge in [-0.1, -0.05) is 35.8 Å². The lowest BCUT2D eigenvalue weighted by molar-refractivity contribution is 0.281. The Labute approximate surface area is 157 Å². The minimum Gasteiger partial charge on any atom is -0.394 e. The molecule has 25 heavy (non-hydrogen) atoms. The summed E-state index contributed by atoms with van der Waals surface area (Å²) in [5.74, 6) is 1.85. The molecule has 1 aliphatic heterocycles. The molecule has 1 aromatic heterocycles. The van der Waals surface area contributed by atoms with Gasteiger partial charge in [0.25, 0.3) is 0 Å². The van der Waals surface area contributed by atoms with Crippen LogP contribution in [0.5, 0.6) is 0 Å². The highest BCUT2D eigenvalue weighted by atomic mass is 79.9. The molecule has 0 saturated heterocycles. The van der Waals surface area contributed by atoms with Crippen LogP contribution in [0.1, 0.15) is 43.5 Å². The Kier molecular flexibility index (Phi) is 5.59. The van der Waals surface area contributed by atoms with Gasteiger partial charge in [-0.3, -0.25) is 0 Å². The van der Waals surface area contributed by atoms with Crippen molar-refractivity contribution < 1.29 is 5.11 Å². The standard InChI is InChI=1S/C19H25BrN4O/c1-12(2)17-9-18(23-19(22-17)21-13(3)11-25)24-7-6-14-8-16(20)5-4-15(14)10-24/h4-5,8-9,12-13,25H,6-7,10-11H2,1-3H3,(H,21,22,23)/t13-/m0/s1. The average molecular weight is 405 g/mol. The van der Waals surface area contributed by atoms with Crippen LogP contribution in [-0.4, -0.2) is 34.3 Å². The van der Waals surface area contributed by atoms with Crippen LogP contribution >= 0.6 is 15.9 Å². The number of hydrogen-bond acceptors (Lipinski definition) is 5. The number of nitrogens with one attached hydrogen (secondary N) is 1. The van der Waals surface area contributed by atoms with E-state index in [0.29, 0.717) is 11.9 Å². The molecule has 5 nitrogen and oxygen atoms in total. The smallest absolute Gasteiger partial charge is 0.225 e. The third-order valence-electron chi connectivity index (χ3n) is 4.48. The quantitative estimate of drug-likeness (QED) is 0.794. The van der Waals surface area contributed by atoms with Gasteiger partial charge in [0.15, 0.2) is 0 Å². The van der Waals surface area contributed by atoms with Gasteiger partial charge in [-0.2, -0.15) is 4.98 Å². The Hall–Kier alpha value is -1.66. The van der Waals surface area contributed by atoms with Crippen molar-refractivity contribution in [3.8, 4) is 0 Å². The lowest BCUT2D eigenvalue weighted by Crippen LogP contribution is -2.31. The van der Waals surface area contributed by atoms with Crippen molar-refractivity contribution in [3.63, 3.8) is 0 Å². The Morgan fingerprint density at radius 1 is 1.20 bits per heavy atom. The number of aromatic nitrogens is 2. The fraction of sp³-hybridized carbons (Fsp3) is 0.474. The van der Waals surface area contributed by atoms with Gasteiger partial charge in [0, 0.05) is 29.7 Å². The molecule has 0 unspecified atom stereocenters. The zero-order valence-electron chi connectivity index (χ0n) is 15.0. The molecule has 2 N–H and O–H groups in total. The molecule has 0 amide bonds. The van der Waals surface area contributed by atoms with E-state index >= 15 is 0 Å². The molecule has 0 aliphatic carbocycles. The van der Waals surface area contributed by atoms with Gasteiger partial charge in [0.1, 0.15) is 5.82 Å². The van der Waals surface area contributed by atoms with E-state index in [-0.39, 0.29) is 12.6 Å². The van der Waals surface area contributed by atoms with E-state index in [0.717, 1.165) is 35.5 Å². The molecule has 0 radical (unpaired) electrons. The molecule has 2 aromatic rings. The van der Waals surface area contributed by atoms with Gasteiger partial charge in [-0.15, -0.1) is 0 Å². The molecule has 0 bridgehead atoms. The number of rotatable bonds is 5. The van der Waals surface area contributed by atoms with E-state index in [4.69, 9.17) is 4.98 Å². The van der Waals surface area contributed by atoms with Gasteiger partial charge in [-0.25, -0.2) is 4.98 Å². The van der Waals surface area contributed by atoms with Gasteiger partial charge < -0.3 is 15.3 Å². The third kappa shape index (κ3) is 4.30. The second-order valence-corrected chi connectivity index (χ2v) is 7.86. The molecule has 134 valence electrons. The fourth-order valence-corrected chi connectivity index (χ4v) is 3.37. The number of fused-ring (bicyclic) bond motifs is 1. The van der Waals surface area contributed by atoms with Crippen molar-refractivity contribution in [1.82, 2.24) is 9.97 Å². The molecular formula is C19H25BrN4O. The number of hydrogen-bond donors (Lipinski definition) is 2. The van der Waals surface area contributed by atoms with Crippen LogP contribution in [0.15, 0.2) is 28.7 Å². The summed E-state index contributed by atoms with van der Waals surface area (Å²) in [7, 11) is 0. The summed E-state index contributed by atoms with van der Waals surface area (Å²) in [5, 5.41) is 12.5. The largest absolute Gasteiger partial charge is 0.394 e. The number of anilines is 2. The fourth-order valence-electron chi connectivity index (χ4n) is 2.96. The molecule has 1 atom stereocenters. The summed E-state index contributed by atoms with van der Waals surface area (Å²) in [6.07, 6.45) is 1.01. The van der Waals surface area contributed by atoms with Gasteiger partial charge in [0.2, 0.25) is 5.95 Å². The first-order chi connectivity index (χ1) is 12.0. The minimum absolute atomic E-state index is 0.0521. The number of nitrogens with zero attached hydrogens (tertiary/aromatic N) is 3. The van der Waals surface area contributed by atoms with E-state index in [2.05, 4.69) is 69.2 Å². The summed E-state index contributed by atoms with van der Waals surface area (Å²) in [6, 6.07) is 8.50. The second-order valence-electron chi connectivity index (χ2n) is 6.94. The maximum Gasteiger partial charge on any atom is 0.225 e. The van der Waals surface area contributed by atoms with Gasteiger partial charge in [0.05, 0.1) is 12.3 Å². The van der Waals surface area contributed by atoms with Crippen molar-refractivity contribution >= 4 is 27.7 Å². The van der Waals surface area contributed by atoms with Crippen molar-refractivity contribution in [2.24, 2.45) is 0 Å². The maximum atomic E-state index is 9.29. The minimum atomic E-state index is -0.0744. The van der Waals surface area contributed by atoms with Gasteiger partial charge in [-0.05, 0) is 42.5 Å². The van der Waals surface area contributed by atoms with Crippen molar-refractivity contribution in [3.05, 3.63) is 45.6 Å². The molecule has 0 spiro atoms. The van der Waals surface area contributed by atoms with Crippen LogP contribution in [0.4, 0.5) is 11.8 Å². The number of aliphatic hydroxyl groups excluding tert-OH is 1. The highest BCUT2D eigenvalue weighted by molar-refractivity contribution is 9.10. The lowest BCUT2D eigenvalue weighted by Gasteiger charge is -2.30. The van der Waals surface area contributed by atoms with Crippen LogP contribution in [0.2, 0.25) is 0 Å². The number of benzene rings is 1. The van der Waals surface area contributed by atoms with E-state index in [9.17, 15) is 5.11 Å². The SMILES string of the molecule is CC(C)c1cc(N2CCc3cc(Br)ccc3C2)nc(N[C@@H](C)CO)n1. The molecule has 0 saturated carbocycles. The monoisotopic (exact) mass is 404 g/mol. The first-order valence-corrected chi connectivity index (χ1v) is 9.54. The Balaban J connectivity index is 1.89. The summed E-state index contributed by atoms with van der Waals surface area (Å²) in [5.41, 5.74) is 3.76. The summed E-state index contributed by atoms with van der Waals surface area (Å²) in [4.78, 5) is 11.6. The third-order valence-corrected chi connectivity index (χ3v) is 4.97. The van der Waals surface area contributed by atoms with Crippen molar-refractivity contribution in [1.29, 1.82) is 0 Å². The molecule has 0 fully saturated rings. The molecule has 1 aliphatic rings. The van der Waals surface area contributed by atoms with Gasteiger partial charge >= 0.3 is 0 Å². The van der Waals surface area contributed by atoms with Crippen molar-refractivity contribution in [2.45, 2.75) is 45.7 Å². The van der Waals surface area contributed by atoms with Crippen LogP contribution in [0, 0.1) is 0 Å². The Morgan fingerprint density at radius 2 is 2.00 bits per heavy atom. The number of halogens is 1. The lowest BCUT2D eigenvalue weighted by atomic mass is 10.00. The highest BCUT2D eigenvalue weighted by Crippen LogP contribution is 2.28. The first-order valence-electron chi connectivity index (χ1n) is 8.75. The summed E-state index contributed by atoms with van der Waals surface area (Å²) in [6.45, 7) is 8.03. The zero-order chi connectivity index (χ0) is 18.0. The maximum absolute atomic E-state index is 9.29. The Bertz CT molecular complexity index is 750. The average Bonchev–Trinajstić information content (AvgIpc) is 2.60. The second kappa shape index (κ2) is 7.70. The molecular weight excluding hydrogens is 380 g/mol. The summed E-state index contributed by atoms with van der Waals surface area (Å²) < 4.78 is 1.13. The number of aliphatic hydroxyl groups is 1.